The molecule has 1 aliphatic carbocycles. The molecule has 3 N–H and O–H groups in total. The second-order valence-corrected chi connectivity index (χ2v) is 7.70. The van der Waals surface area contributed by atoms with Gasteiger partial charge in [0.05, 0.1) is 28.7 Å². The summed E-state index contributed by atoms with van der Waals surface area (Å²) in [6, 6.07) is 9.49. The fraction of sp³-hybridized carbons (Fsp3) is 0.381. The Morgan fingerprint density at radius 3 is 2.60 bits per heavy atom. The van der Waals surface area contributed by atoms with E-state index in [2.05, 4.69) is 10.6 Å². The molecule has 0 bridgehead atoms. The number of hydrogen-bond acceptors (Lipinski definition) is 6. The van der Waals surface area contributed by atoms with E-state index in [4.69, 9.17) is 16.3 Å². The number of nitrogens with zero attached hydrogens (tertiary/aromatic N) is 1. The van der Waals surface area contributed by atoms with Gasteiger partial charge in [0.1, 0.15) is 5.75 Å². The number of non-ortho nitro benzene ring substituents is 1. The number of rotatable bonds is 7. The first-order chi connectivity index (χ1) is 14.4. The lowest BCUT2D eigenvalue weighted by atomic mass is 9.92. The minimum Gasteiger partial charge on any atom is -0.495 e. The summed E-state index contributed by atoms with van der Waals surface area (Å²) in [5.41, 5.74) is 1.36. The molecule has 1 saturated carbocycles. The van der Waals surface area contributed by atoms with Crippen LogP contribution < -0.4 is 15.4 Å². The Labute approximate surface area is 179 Å². The number of nitrogens with one attached hydrogen (secondary N) is 2. The molecule has 3 rings (SSSR count). The van der Waals surface area contributed by atoms with Crippen molar-refractivity contribution in [2.24, 2.45) is 0 Å². The van der Waals surface area contributed by atoms with Crippen molar-refractivity contribution in [3.63, 3.8) is 0 Å². The van der Waals surface area contributed by atoms with Crippen LogP contribution in [-0.4, -0.2) is 35.2 Å². The summed E-state index contributed by atoms with van der Waals surface area (Å²) in [4.78, 5) is 23.5. The van der Waals surface area contributed by atoms with Crippen LogP contribution in [0.4, 0.5) is 11.4 Å². The number of hydrogen-bond donors (Lipinski definition) is 3. The second kappa shape index (κ2) is 9.77. The second-order valence-electron chi connectivity index (χ2n) is 7.29. The molecule has 8 nitrogen and oxygen atoms in total. The van der Waals surface area contributed by atoms with Crippen molar-refractivity contribution in [1.29, 1.82) is 0 Å². The van der Waals surface area contributed by atoms with Gasteiger partial charge in [-0.3, -0.25) is 14.9 Å². The van der Waals surface area contributed by atoms with Crippen molar-refractivity contribution in [3.8, 4) is 5.75 Å². The quantitative estimate of drug-likeness (QED) is 0.450. The van der Waals surface area contributed by atoms with E-state index < -0.39 is 10.8 Å². The zero-order chi connectivity index (χ0) is 21.7. The number of aliphatic hydroxyl groups is 1. The largest absolute Gasteiger partial charge is 0.495 e. The van der Waals surface area contributed by atoms with Crippen molar-refractivity contribution in [2.45, 2.75) is 44.4 Å². The van der Waals surface area contributed by atoms with E-state index in [0.717, 1.165) is 18.4 Å². The van der Waals surface area contributed by atoms with Crippen molar-refractivity contribution >= 4 is 28.9 Å². The van der Waals surface area contributed by atoms with Gasteiger partial charge in [0.2, 0.25) is 0 Å². The normalized spacial score (nSPS) is 18.5. The molecule has 1 amide bonds. The lowest BCUT2D eigenvalue weighted by Crippen LogP contribution is -2.30. The van der Waals surface area contributed by atoms with E-state index in [0.29, 0.717) is 29.3 Å². The van der Waals surface area contributed by atoms with E-state index in [1.807, 2.05) is 0 Å². The highest BCUT2D eigenvalue weighted by molar-refractivity contribution is 6.32. The monoisotopic (exact) mass is 433 g/mol. The molecule has 0 radical (unpaired) electrons. The zero-order valence-electron chi connectivity index (χ0n) is 16.6. The average Bonchev–Trinajstić information content (AvgIpc) is 2.74. The van der Waals surface area contributed by atoms with Crippen molar-refractivity contribution < 1.29 is 19.6 Å². The Hall–Kier alpha value is -2.84. The number of amides is 1. The molecule has 9 heteroatoms. The molecule has 0 unspecified atom stereocenters. The van der Waals surface area contributed by atoms with Gasteiger partial charge in [-0.05, 0) is 49.4 Å². The Morgan fingerprint density at radius 2 is 1.97 bits per heavy atom. The van der Waals surface area contributed by atoms with Gasteiger partial charge in [-0.15, -0.1) is 0 Å². The molecule has 0 aromatic heterocycles. The number of carbonyl (C=O) groups excluding carboxylic acids is 1. The van der Waals surface area contributed by atoms with Gasteiger partial charge in [-0.2, -0.15) is 0 Å². The van der Waals surface area contributed by atoms with Gasteiger partial charge < -0.3 is 20.5 Å². The molecule has 1 aliphatic rings. The Bertz CT molecular complexity index is 929. The van der Waals surface area contributed by atoms with Crippen LogP contribution in [0, 0.1) is 10.1 Å². The summed E-state index contributed by atoms with van der Waals surface area (Å²) in [5, 5.41) is 27.4. The predicted molar refractivity (Wildman–Crippen MR) is 114 cm³/mol. The molecule has 1 fully saturated rings. The topological polar surface area (TPSA) is 114 Å². The standard InChI is InChI=1S/C21H24ClN3O5/c1-30-20-9-2-13(10-18(20)22)12-23-21(27)17-11-15(25(28)29)5-8-19(17)24-14-3-6-16(26)7-4-14/h2,5,8-11,14,16,24,26H,3-4,6-7,12H2,1H3,(H,23,27). The lowest BCUT2D eigenvalue weighted by Gasteiger charge is -2.27. The molecule has 0 atom stereocenters. The number of anilines is 1. The van der Waals surface area contributed by atoms with Gasteiger partial charge in [0.15, 0.2) is 0 Å². The number of halogens is 1. The smallest absolute Gasteiger partial charge is 0.270 e. The highest BCUT2D eigenvalue weighted by Gasteiger charge is 2.22. The van der Waals surface area contributed by atoms with E-state index >= 15 is 0 Å². The van der Waals surface area contributed by atoms with Gasteiger partial charge in [0, 0.05) is 30.4 Å². The van der Waals surface area contributed by atoms with Gasteiger partial charge >= 0.3 is 0 Å². The Morgan fingerprint density at radius 1 is 1.23 bits per heavy atom. The number of nitro benzene ring substituents is 1. The molecule has 160 valence electrons. The molecule has 0 heterocycles. The van der Waals surface area contributed by atoms with Crippen LogP contribution in [0.2, 0.25) is 5.02 Å². The molecular formula is C21H24ClN3O5. The van der Waals surface area contributed by atoms with E-state index in [1.54, 1.807) is 24.3 Å². The molecule has 0 saturated heterocycles. The number of aliphatic hydroxyl groups excluding tert-OH is 1. The van der Waals surface area contributed by atoms with Crippen LogP contribution in [0.1, 0.15) is 41.6 Å². The first kappa shape index (κ1) is 21.9. The molecule has 2 aromatic carbocycles. The average molecular weight is 434 g/mol. The molecule has 0 aliphatic heterocycles. The molecule has 2 aromatic rings. The number of benzene rings is 2. The van der Waals surface area contributed by atoms with Crippen LogP contribution in [0.15, 0.2) is 36.4 Å². The zero-order valence-corrected chi connectivity index (χ0v) is 17.3. The van der Waals surface area contributed by atoms with Gasteiger partial charge in [0.25, 0.3) is 11.6 Å². The maximum absolute atomic E-state index is 12.8. The fourth-order valence-electron chi connectivity index (χ4n) is 3.50. The van der Waals surface area contributed by atoms with Crippen molar-refractivity contribution in [2.75, 3.05) is 12.4 Å². The number of ether oxygens (including phenoxy) is 1. The molecule has 30 heavy (non-hydrogen) atoms. The summed E-state index contributed by atoms with van der Waals surface area (Å²) in [5.74, 6) is 0.110. The third kappa shape index (κ3) is 5.40. The third-order valence-corrected chi connectivity index (χ3v) is 5.48. The summed E-state index contributed by atoms with van der Waals surface area (Å²) in [6.07, 6.45) is 2.61. The van der Waals surface area contributed by atoms with Crippen LogP contribution in [0.5, 0.6) is 5.75 Å². The van der Waals surface area contributed by atoms with Crippen molar-refractivity contribution in [1.82, 2.24) is 5.32 Å². The van der Waals surface area contributed by atoms with Crippen LogP contribution >= 0.6 is 11.6 Å². The highest BCUT2D eigenvalue weighted by atomic mass is 35.5. The Kier molecular flexibility index (Phi) is 7.12. The summed E-state index contributed by atoms with van der Waals surface area (Å²) in [6.45, 7) is 0.209. The minimum absolute atomic E-state index is 0.0989. The SMILES string of the molecule is COc1ccc(CNC(=O)c2cc([N+](=O)[O-])ccc2NC2CCC(O)CC2)cc1Cl. The van der Waals surface area contributed by atoms with Crippen LogP contribution in [0.25, 0.3) is 0 Å². The lowest BCUT2D eigenvalue weighted by molar-refractivity contribution is -0.384. The first-order valence-electron chi connectivity index (χ1n) is 9.71. The number of carbonyl (C=O) groups is 1. The van der Waals surface area contributed by atoms with E-state index in [1.165, 1.54) is 19.2 Å². The van der Waals surface area contributed by atoms with Crippen LogP contribution in [-0.2, 0) is 6.54 Å². The fourth-order valence-corrected chi connectivity index (χ4v) is 3.78. The van der Waals surface area contributed by atoms with Crippen molar-refractivity contribution in [3.05, 3.63) is 62.7 Å². The first-order valence-corrected chi connectivity index (χ1v) is 10.1. The summed E-state index contributed by atoms with van der Waals surface area (Å²) in [7, 11) is 1.52. The Balaban J connectivity index is 1.75. The summed E-state index contributed by atoms with van der Waals surface area (Å²) >= 11 is 6.12. The van der Waals surface area contributed by atoms with Gasteiger partial charge in [-0.25, -0.2) is 0 Å². The van der Waals surface area contributed by atoms with Gasteiger partial charge in [-0.1, -0.05) is 17.7 Å². The maximum atomic E-state index is 12.8. The third-order valence-electron chi connectivity index (χ3n) is 5.18. The summed E-state index contributed by atoms with van der Waals surface area (Å²) < 4.78 is 5.12. The van der Waals surface area contributed by atoms with E-state index in [-0.39, 0.29) is 29.9 Å². The highest BCUT2D eigenvalue weighted by Crippen LogP contribution is 2.28. The van der Waals surface area contributed by atoms with Crippen LogP contribution in [0.3, 0.4) is 0 Å². The van der Waals surface area contributed by atoms with E-state index in [9.17, 15) is 20.0 Å². The maximum Gasteiger partial charge on any atom is 0.270 e. The predicted octanol–water partition coefficient (Wildman–Crippen LogP) is 3.90. The molecular weight excluding hydrogens is 410 g/mol. The minimum atomic E-state index is -0.527. The number of nitro groups is 1. The number of methoxy groups -OCH3 is 1. The molecule has 0 spiro atoms.